The fraction of sp³-hybridized carbons (Fsp3) is 0.929. The van der Waals surface area contributed by atoms with Crippen molar-refractivity contribution in [2.45, 2.75) is 70.1 Å². The fourth-order valence-corrected chi connectivity index (χ4v) is 3.61. The Hall–Kier alpha value is -0.770. The molecule has 2 amide bonds. The number of fused-ring (bicyclic) bond motifs is 2. The fourth-order valence-electron chi connectivity index (χ4n) is 3.61. The Morgan fingerprint density at radius 2 is 2.22 bits per heavy atom. The molecule has 2 heterocycles. The molecule has 2 bridgehead atoms. The van der Waals surface area contributed by atoms with Crippen molar-refractivity contribution in [3.63, 3.8) is 0 Å². The molecule has 102 valence electrons. The highest BCUT2D eigenvalue weighted by Crippen LogP contribution is 2.43. The lowest BCUT2D eigenvalue weighted by Gasteiger charge is -2.41. The Labute approximate surface area is 109 Å². The maximum atomic E-state index is 11.9. The molecule has 18 heavy (non-hydrogen) atoms. The van der Waals surface area contributed by atoms with Gasteiger partial charge in [-0.3, -0.25) is 0 Å². The van der Waals surface area contributed by atoms with Crippen molar-refractivity contribution in [1.29, 1.82) is 0 Å². The second-order valence-corrected chi connectivity index (χ2v) is 6.25. The van der Waals surface area contributed by atoms with Gasteiger partial charge in [0.25, 0.3) is 0 Å². The topological polar surface area (TPSA) is 50.4 Å². The molecule has 4 nitrogen and oxygen atoms in total. The standard InChI is InChI=1S/C14H24N2O2/c1-2-14(6-3-7-14)9-15-13(17)16-11-8-10-4-5-12(11)18-10/h10-12H,2-9H2,1H3,(H2,15,16,17). The van der Waals surface area contributed by atoms with Gasteiger partial charge in [0.05, 0.1) is 18.2 Å². The molecule has 3 aliphatic rings. The molecule has 3 atom stereocenters. The molecule has 1 aliphatic carbocycles. The SMILES string of the molecule is CCC1(CNC(=O)NC2CC3CCC2O3)CCC1. The second kappa shape index (κ2) is 4.72. The van der Waals surface area contributed by atoms with Gasteiger partial charge in [-0.1, -0.05) is 13.3 Å². The zero-order valence-corrected chi connectivity index (χ0v) is 11.2. The van der Waals surface area contributed by atoms with Gasteiger partial charge in [0.2, 0.25) is 0 Å². The normalized spacial score (nSPS) is 36.2. The number of amides is 2. The first-order chi connectivity index (χ1) is 8.71. The van der Waals surface area contributed by atoms with Crippen molar-refractivity contribution in [2.75, 3.05) is 6.54 Å². The van der Waals surface area contributed by atoms with Crippen molar-refractivity contribution in [1.82, 2.24) is 10.6 Å². The molecule has 2 aliphatic heterocycles. The van der Waals surface area contributed by atoms with Crippen LogP contribution < -0.4 is 10.6 Å². The Bertz CT molecular complexity index is 322. The number of nitrogens with one attached hydrogen (secondary N) is 2. The molecular weight excluding hydrogens is 228 g/mol. The summed E-state index contributed by atoms with van der Waals surface area (Å²) in [4.78, 5) is 11.9. The first kappa shape index (κ1) is 12.3. The third kappa shape index (κ3) is 2.22. The minimum atomic E-state index is -0.00382. The maximum absolute atomic E-state index is 11.9. The van der Waals surface area contributed by atoms with E-state index in [4.69, 9.17) is 4.74 Å². The smallest absolute Gasteiger partial charge is 0.315 e. The molecule has 0 radical (unpaired) electrons. The highest BCUT2D eigenvalue weighted by Gasteiger charge is 2.41. The molecule has 1 saturated carbocycles. The van der Waals surface area contributed by atoms with Crippen LogP contribution in [-0.2, 0) is 4.74 Å². The molecule has 2 saturated heterocycles. The van der Waals surface area contributed by atoms with E-state index in [0.29, 0.717) is 11.5 Å². The summed E-state index contributed by atoms with van der Waals surface area (Å²) < 4.78 is 5.74. The molecule has 0 aromatic heterocycles. The van der Waals surface area contributed by atoms with Crippen LogP contribution in [0, 0.1) is 5.41 Å². The molecule has 3 rings (SSSR count). The van der Waals surface area contributed by atoms with E-state index in [-0.39, 0.29) is 18.2 Å². The van der Waals surface area contributed by atoms with Crippen LogP contribution in [0.1, 0.15) is 51.9 Å². The highest BCUT2D eigenvalue weighted by molar-refractivity contribution is 5.74. The lowest BCUT2D eigenvalue weighted by Crippen LogP contribution is -2.50. The monoisotopic (exact) mass is 252 g/mol. The third-order valence-corrected chi connectivity index (χ3v) is 5.21. The Morgan fingerprint density at radius 1 is 1.39 bits per heavy atom. The second-order valence-electron chi connectivity index (χ2n) is 6.25. The first-order valence-electron chi connectivity index (χ1n) is 7.41. The zero-order valence-electron chi connectivity index (χ0n) is 11.2. The summed E-state index contributed by atoms with van der Waals surface area (Å²) in [6.45, 7) is 3.06. The first-order valence-corrected chi connectivity index (χ1v) is 7.41. The van der Waals surface area contributed by atoms with E-state index in [1.54, 1.807) is 0 Å². The predicted molar refractivity (Wildman–Crippen MR) is 69.4 cm³/mol. The van der Waals surface area contributed by atoms with Gasteiger partial charge < -0.3 is 15.4 Å². The molecule has 2 N–H and O–H groups in total. The van der Waals surface area contributed by atoms with Crippen LogP contribution >= 0.6 is 0 Å². The van der Waals surface area contributed by atoms with Gasteiger partial charge in [-0.15, -0.1) is 0 Å². The van der Waals surface area contributed by atoms with Crippen molar-refractivity contribution >= 4 is 6.03 Å². The number of carbonyl (C=O) groups is 1. The van der Waals surface area contributed by atoms with E-state index in [1.807, 2.05) is 0 Å². The van der Waals surface area contributed by atoms with Crippen molar-refractivity contribution < 1.29 is 9.53 Å². The largest absolute Gasteiger partial charge is 0.373 e. The van der Waals surface area contributed by atoms with Crippen molar-refractivity contribution in [3.8, 4) is 0 Å². The number of hydrogen-bond donors (Lipinski definition) is 2. The summed E-state index contributed by atoms with van der Waals surface area (Å²) in [5, 5.41) is 6.14. The van der Waals surface area contributed by atoms with Gasteiger partial charge in [0.1, 0.15) is 0 Å². The van der Waals surface area contributed by atoms with Gasteiger partial charge in [-0.2, -0.15) is 0 Å². The molecule has 0 aromatic carbocycles. The Morgan fingerprint density at radius 3 is 2.72 bits per heavy atom. The highest BCUT2D eigenvalue weighted by atomic mass is 16.5. The van der Waals surface area contributed by atoms with E-state index >= 15 is 0 Å². The van der Waals surface area contributed by atoms with Gasteiger partial charge in [0.15, 0.2) is 0 Å². The van der Waals surface area contributed by atoms with E-state index in [2.05, 4.69) is 17.6 Å². The van der Waals surface area contributed by atoms with Gasteiger partial charge in [0, 0.05) is 6.54 Å². The Balaban J connectivity index is 1.42. The van der Waals surface area contributed by atoms with Crippen LogP contribution in [0.3, 0.4) is 0 Å². The summed E-state index contributed by atoms with van der Waals surface area (Å²) in [5.74, 6) is 0. The van der Waals surface area contributed by atoms with Crippen LogP contribution in [0.5, 0.6) is 0 Å². The summed E-state index contributed by atoms with van der Waals surface area (Å²) in [6.07, 6.45) is 8.96. The van der Waals surface area contributed by atoms with Crippen LogP contribution in [0.15, 0.2) is 0 Å². The lowest BCUT2D eigenvalue weighted by atomic mass is 9.67. The zero-order chi connectivity index (χ0) is 12.6. The summed E-state index contributed by atoms with van der Waals surface area (Å²) in [7, 11) is 0. The average Bonchev–Trinajstić information content (AvgIpc) is 2.90. The van der Waals surface area contributed by atoms with E-state index in [0.717, 1.165) is 19.4 Å². The van der Waals surface area contributed by atoms with Crippen molar-refractivity contribution in [3.05, 3.63) is 0 Å². The summed E-state index contributed by atoms with van der Waals surface area (Å²) in [5.41, 5.74) is 0.391. The average molecular weight is 252 g/mol. The molecule has 4 heteroatoms. The van der Waals surface area contributed by atoms with Crippen LogP contribution in [0.25, 0.3) is 0 Å². The molecule has 0 spiro atoms. The van der Waals surface area contributed by atoms with Gasteiger partial charge in [-0.25, -0.2) is 4.79 Å². The van der Waals surface area contributed by atoms with Crippen LogP contribution in [0.2, 0.25) is 0 Å². The Kier molecular flexibility index (Phi) is 3.22. The summed E-state index contributed by atoms with van der Waals surface area (Å²) >= 11 is 0. The minimum absolute atomic E-state index is 0.00382. The van der Waals surface area contributed by atoms with E-state index in [1.165, 1.54) is 32.1 Å². The summed E-state index contributed by atoms with van der Waals surface area (Å²) in [6, 6.07) is 0.235. The van der Waals surface area contributed by atoms with E-state index in [9.17, 15) is 4.79 Å². The number of ether oxygens (including phenoxy) is 1. The van der Waals surface area contributed by atoms with Gasteiger partial charge in [-0.05, 0) is 43.9 Å². The molecule has 3 unspecified atom stereocenters. The number of urea groups is 1. The van der Waals surface area contributed by atoms with Crippen molar-refractivity contribution in [2.24, 2.45) is 5.41 Å². The van der Waals surface area contributed by atoms with Gasteiger partial charge >= 0.3 is 6.03 Å². The lowest BCUT2D eigenvalue weighted by molar-refractivity contribution is 0.0974. The predicted octanol–water partition coefficient (Wildman–Crippen LogP) is 2.19. The third-order valence-electron chi connectivity index (χ3n) is 5.21. The van der Waals surface area contributed by atoms with Crippen LogP contribution in [0.4, 0.5) is 4.79 Å². The molecule has 0 aromatic rings. The minimum Gasteiger partial charge on any atom is -0.373 e. The number of hydrogen-bond acceptors (Lipinski definition) is 2. The van der Waals surface area contributed by atoms with Crippen LogP contribution in [-0.4, -0.2) is 30.8 Å². The number of carbonyl (C=O) groups excluding carboxylic acids is 1. The molecular formula is C14H24N2O2. The quantitative estimate of drug-likeness (QED) is 0.805. The number of rotatable bonds is 4. The maximum Gasteiger partial charge on any atom is 0.315 e. The van der Waals surface area contributed by atoms with E-state index < -0.39 is 0 Å². The molecule has 3 fully saturated rings.